The Morgan fingerprint density at radius 1 is 1.15 bits per heavy atom. The van der Waals surface area contributed by atoms with Crippen LogP contribution in [-0.4, -0.2) is 24.0 Å². The number of fused-ring (bicyclic) bond motifs is 1. The molecule has 0 fully saturated rings. The summed E-state index contributed by atoms with van der Waals surface area (Å²) in [7, 11) is 0. The van der Waals surface area contributed by atoms with E-state index < -0.39 is 0 Å². The average Bonchev–Trinajstić information content (AvgIpc) is 3.15. The molecule has 1 unspecified atom stereocenters. The third kappa shape index (κ3) is 3.37. The van der Waals surface area contributed by atoms with Gasteiger partial charge in [-0.2, -0.15) is 0 Å². The van der Waals surface area contributed by atoms with Gasteiger partial charge in [-0.05, 0) is 53.6 Å². The Kier molecular flexibility index (Phi) is 4.76. The smallest absolute Gasteiger partial charge is 0.261 e. The number of benzene rings is 2. The predicted octanol–water partition coefficient (Wildman–Crippen LogP) is 4.61. The molecule has 0 N–H and O–H groups in total. The maximum absolute atomic E-state index is 13.0. The summed E-state index contributed by atoms with van der Waals surface area (Å²) in [6, 6.07) is 20.2. The van der Waals surface area contributed by atoms with Crippen molar-refractivity contribution in [3.8, 4) is 5.75 Å². The van der Waals surface area contributed by atoms with Crippen molar-refractivity contribution in [1.29, 1.82) is 0 Å². The summed E-state index contributed by atoms with van der Waals surface area (Å²) in [5.74, 6) is 0.764. The summed E-state index contributed by atoms with van der Waals surface area (Å²) < 4.78 is 5.77. The van der Waals surface area contributed by atoms with Crippen LogP contribution in [-0.2, 0) is 11.2 Å². The molecular weight excluding hydrogens is 342 g/mol. The highest BCUT2D eigenvalue weighted by atomic mass is 32.1. The fourth-order valence-electron chi connectivity index (χ4n) is 3.51. The molecule has 0 aliphatic carbocycles. The lowest BCUT2D eigenvalue weighted by molar-refractivity contribution is -0.135. The number of aryl methyl sites for hydroxylation is 1. The highest BCUT2D eigenvalue weighted by Crippen LogP contribution is 2.37. The second-order valence-corrected chi connectivity index (χ2v) is 7.56. The number of ether oxygens (including phenoxy) is 1. The van der Waals surface area contributed by atoms with Crippen molar-refractivity contribution in [2.75, 3.05) is 13.2 Å². The third-order valence-electron chi connectivity index (χ3n) is 4.75. The van der Waals surface area contributed by atoms with Gasteiger partial charge in [-0.1, -0.05) is 42.5 Å². The number of amides is 1. The molecular formula is C22H21NO2S. The lowest BCUT2D eigenvalue weighted by atomic mass is 9.93. The molecule has 0 radical (unpaired) electrons. The van der Waals surface area contributed by atoms with Gasteiger partial charge in [0.05, 0.1) is 6.04 Å². The molecule has 2 heterocycles. The first-order valence-corrected chi connectivity index (χ1v) is 9.70. The molecule has 0 saturated carbocycles. The molecule has 1 atom stereocenters. The van der Waals surface area contributed by atoms with Crippen molar-refractivity contribution in [2.24, 2.45) is 0 Å². The summed E-state index contributed by atoms with van der Waals surface area (Å²) in [5.41, 5.74) is 3.52. The van der Waals surface area contributed by atoms with Crippen LogP contribution >= 0.6 is 11.3 Å². The topological polar surface area (TPSA) is 29.5 Å². The fraction of sp³-hybridized carbons (Fsp3) is 0.227. The summed E-state index contributed by atoms with van der Waals surface area (Å²) in [5, 5.41) is 2.12. The molecule has 4 rings (SSSR count). The van der Waals surface area contributed by atoms with E-state index in [0.717, 1.165) is 29.8 Å². The van der Waals surface area contributed by atoms with E-state index in [1.54, 1.807) is 11.3 Å². The Morgan fingerprint density at radius 2 is 2.00 bits per heavy atom. The zero-order chi connectivity index (χ0) is 17.9. The van der Waals surface area contributed by atoms with E-state index in [0.29, 0.717) is 0 Å². The normalized spacial score (nSPS) is 16.2. The number of hydrogen-bond acceptors (Lipinski definition) is 3. The molecule has 0 spiro atoms. The first kappa shape index (κ1) is 16.9. The SMILES string of the molecule is Cc1cccc(OCC(=O)N2CCc3sccc3C2c2ccccc2)c1. The summed E-state index contributed by atoms with van der Waals surface area (Å²) >= 11 is 1.78. The Morgan fingerprint density at radius 3 is 2.81 bits per heavy atom. The quantitative estimate of drug-likeness (QED) is 0.677. The van der Waals surface area contributed by atoms with E-state index in [2.05, 4.69) is 23.6 Å². The van der Waals surface area contributed by atoms with E-state index in [1.165, 1.54) is 10.4 Å². The number of carbonyl (C=O) groups is 1. The second kappa shape index (κ2) is 7.34. The minimum Gasteiger partial charge on any atom is -0.484 e. The highest BCUT2D eigenvalue weighted by Gasteiger charge is 2.32. The van der Waals surface area contributed by atoms with Crippen LogP contribution in [0.5, 0.6) is 5.75 Å². The maximum atomic E-state index is 13.0. The molecule has 3 aromatic rings. The van der Waals surface area contributed by atoms with Crippen LogP contribution in [0.3, 0.4) is 0 Å². The average molecular weight is 363 g/mol. The summed E-state index contributed by atoms with van der Waals surface area (Å²) in [6.07, 6.45) is 0.909. The standard InChI is InChI=1S/C22H21NO2S/c1-16-6-5-9-18(14-16)25-15-21(24)23-12-10-20-19(11-13-26-20)22(23)17-7-3-2-4-8-17/h2-9,11,13-14,22H,10,12,15H2,1H3. The molecule has 2 aromatic carbocycles. The summed E-state index contributed by atoms with van der Waals surface area (Å²) in [6.45, 7) is 2.80. The highest BCUT2D eigenvalue weighted by molar-refractivity contribution is 7.10. The predicted molar refractivity (Wildman–Crippen MR) is 105 cm³/mol. The molecule has 1 aromatic heterocycles. The Bertz CT molecular complexity index is 903. The van der Waals surface area contributed by atoms with Crippen molar-refractivity contribution in [3.05, 3.63) is 87.6 Å². The van der Waals surface area contributed by atoms with Gasteiger partial charge in [0.2, 0.25) is 0 Å². The molecule has 4 heteroatoms. The van der Waals surface area contributed by atoms with E-state index in [-0.39, 0.29) is 18.6 Å². The van der Waals surface area contributed by atoms with E-state index in [9.17, 15) is 4.79 Å². The second-order valence-electron chi connectivity index (χ2n) is 6.55. The lowest BCUT2D eigenvalue weighted by Crippen LogP contribution is -2.42. The largest absolute Gasteiger partial charge is 0.484 e. The van der Waals surface area contributed by atoms with Crippen molar-refractivity contribution in [1.82, 2.24) is 4.90 Å². The molecule has 0 saturated heterocycles. The maximum Gasteiger partial charge on any atom is 0.261 e. The van der Waals surface area contributed by atoms with Gasteiger partial charge in [0.15, 0.2) is 6.61 Å². The van der Waals surface area contributed by atoms with Crippen LogP contribution < -0.4 is 4.74 Å². The molecule has 132 valence electrons. The Hall–Kier alpha value is -2.59. The van der Waals surface area contributed by atoms with Crippen molar-refractivity contribution < 1.29 is 9.53 Å². The van der Waals surface area contributed by atoms with E-state index >= 15 is 0 Å². The van der Waals surface area contributed by atoms with Gasteiger partial charge in [-0.3, -0.25) is 4.79 Å². The van der Waals surface area contributed by atoms with Gasteiger partial charge in [-0.25, -0.2) is 0 Å². The van der Waals surface area contributed by atoms with Gasteiger partial charge in [0.1, 0.15) is 5.75 Å². The molecule has 3 nitrogen and oxygen atoms in total. The first-order valence-electron chi connectivity index (χ1n) is 8.82. The lowest BCUT2D eigenvalue weighted by Gasteiger charge is -2.36. The van der Waals surface area contributed by atoms with Gasteiger partial charge >= 0.3 is 0 Å². The number of carbonyl (C=O) groups excluding carboxylic acids is 1. The van der Waals surface area contributed by atoms with Crippen LogP contribution in [0.15, 0.2) is 66.0 Å². The molecule has 1 amide bonds. The number of hydrogen-bond donors (Lipinski definition) is 0. The number of thiophene rings is 1. The Labute approximate surface area is 157 Å². The molecule has 26 heavy (non-hydrogen) atoms. The number of rotatable bonds is 4. The summed E-state index contributed by atoms with van der Waals surface area (Å²) in [4.78, 5) is 16.3. The van der Waals surface area contributed by atoms with Crippen LogP contribution in [0.25, 0.3) is 0 Å². The van der Waals surface area contributed by atoms with E-state index in [4.69, 9.17) is 4.74 Å². The zero-order valence-corrected chi connectivity index (χ0v) is 15.5. The van der Waals surface area contributed by atoms with Crippen LogP contribution in [0.2, 0.25) is 0 Å². The van der Waals surface area contributed by atoms with Crippen LogP contribution in [0.4, 0.5) is 0 Å². The molecule has 0 bridgehead atoms. The number of nitrogens with zero attached hydrogens (tertiary/aromatic N) is 1. The molecule has 1 aliphatic rings. The van der Waals surface area contributed by atoms with Gasteiger partial charge in [-0.15, -0.1) is 11.3 Å². The van der Waals surface area contributed by atoms with Crippen LogP contribution in [0, 0.1) is 6.92 Å². The third-order valence-corrected chi connectivity index (χ3v) is 5.75. The van der Waals surface area contributed by atoms with Crippen molar-refractivity contribution in [3.63, 3.8) is 0 Å². The first-order chi connectivity index (χ1) is 12.7. The Balaban J connectivity index is 1.57. The minimum atomic E-state index is -0.0280. The van der Waals surface area contributed by atoms with Crippen LogP contribution in [0.1, 0.15) is 27.6 Å². The monoisotopic (exact) mass is 363 g/mol. The van der Waals surface area contributed by atoms with Gasteiger partial charge in [0, 0.05) is 11.4 Å². The fourth-order valence-corrected chi connectivity index (χ4v) is 4.42. The van der Waals surface area contributed by atoms with Crippen molar-refractivity contribution in [2.45, 2.75) is 19.4 Å². The van der Waals surface area contributed by atoms with Crippen molar-refractivity contribution >= 4 is 17.2 Å². The van der Waals surface area contributed by atoms with E-state index in [1.807, 2.05) is 54.3 Å². The zero-order valence-electron chi connectivity index (χ0n) is 14.7. The van der Waals surface area contributed by atoms with Gasteiger partial charge in [0.25, 0.3) is 5.91 Å². The minimum absolute atomic E-state index is 0.0252. The van der Waals surface area contributed by atoms with Gasteiger partial charge < -0.3 is 9.64 Å². The molecule has 1 aliphatic heterocycles.